The molecule has 0 saturated heterocycles. The van der Waals surface area contributed by atoms with Crippen molar-refractivity contribution in [2.45, 2.75) is 6.18 Å². The highest BCUT2D eigenvalue weighted by atomic mass is 19.4. The average Bonchev–Trinajstić information content (AvgIpc) is 2.15. The molecule has 1 aromatic carbocycles. The molecule has 0 unspecified atom stereocenters. The van der Waals surface area contributed by atoms with Crippen molar-refractivity contribution in [3.8, 4) is 5.75 Å². The summed E-state index contributed by atoms with van der Waals surface area (Å²) in [6, 6.07) is 4.97. The number of pyridine rings is 1. The van der Waals surface area contributed by atoms with Crippen molar-refractivity contribution in [3.63, 3.8) is 0 Å². The van der Waals surface area contributed by atoms with Crippen LogP contribution in [0, 0.1) is 0 Å². The van der Waals surface area contributed by atoms with E-state index in [9.17, 15) is 13.2 Å². The number of rotatable bonds is 0. The fourth-order valence-corrected chi connectivity index (χ4v) is 1.38. The Balaban J connectivity index is 2.77. The third-order valence-electron chi connectivity index (χ3n) is 2.00. The molecule has 1 heterocycles. The van der Waals surface area contributed by atoms with Crippen molar-refractivity contribution in [1.82, 2.24) is 4.98 Å². The molecule has 15 heavy (non-hydrogen) atoms. The molecule has 0 saturated carbocycles. The van der Waals surface area contributed by atoms with E-state index in [1.54, 1.807) is 0 Å². The van der Waals surface area contributed by atoms with Crippen LogP contribution in [-0.4, -0.2) is 10.1 Å². The van der Waals surface area contributed by atoms with Gasteiger partial charge in [0.2, 0.25) is 0 Å². The van der Waals surface area contributed by atoms with Crippen LogP contribution in [0.1, 0.15) is 5.56 Å². The molecule has 1 N–H and O–H groups in total. The monoisotopic (exact) mass is 213 g/mol. The van der Waals surface area contributed by atoms with Gasteiger partial charge in [-0.05, 0) is 12.1 Å². The zero-order valence-electron chi connectivity index (χ0n) is 7.42. The molecule has 0 aliphatic rings. The van der Waals surface area contributed by atoms with Gasteiger partial charge in [-0.3, -0.25) is 4.98 Å². The van der Waals surface area contributed by atoms with Crippen molar-refractivity contribution in [2.75, 3.05) is 0 Å². The molecule has 0 amide bonds. The van der Waals surface area contributed by atoms with E-state index in [4.69, 9.17) is 5.11 Å². The van der Waals surface area contributed by atoms with Gasteiger partial charge in [-0.2, -0.15) is 13.2 Å². The molecular weight excluding hydrogens is 207 g/mol. The molecule has 0 bridgehead atoms. The summed E-state index contributed by atoms with van der Waals surface area (Å²) >= 11 is 0. The highest BCUT2D eigenvalue weighted by Crippen LogP contribution is 2.34. The molecule has 0 aliphatic heterocycles. The van der Waals surface area contributed by atoms with E-state index in [2.05, 4.69) is 4.98 Å². The Morgan fingerprint density at radius 2 is 1.93 bits per heavy atom. The van der Waals surface area contributed by atoms with E-state index in [1.165, 1.54) is 18.2 Å². The van der Waals surface area contributed by atoms with Crippen LogP contribution in [0.25, 0.3) is 10.9 Å². The normalized spacial score (nSPS) is 11.9. The van der Waals surface area contributed by atoms with Crippen LogP contribution in [0.4, 0.5) is 13.2 Å². The predicted octanol–water partition coefficient (Wildman–Crippen LogP) is 2.96. The minimum absolute atomic E-state index is 0.150. The lowest BCUT2D eigenvalue weighted by Gasteiger charge is -2.09. The third-order valence-corrected chi connectivity index (χ3v) is 2.00. The van der Waals surface area contributed by atoms with Crippen LogP contribution in [0.5, 0.6) is 5.75 Å². The zero-order valence-corrected chi connectivity index (χ0v) is 7.42. The summed E-state index contributed by atoms with van der Waals surface area (Å²) in [6.07, 6.45) is -3.43. The number of alkyl halides is 3. The number of aromatic hydroxyl groups is 1. The van der Waals surface area contributed by atoms with Gasteiger partial charge in [-0.1, -0.05) is 12.1 Å². The summed E-state index contributed by atoms with van der Waals surface area (Å²) < 4.78 is 37.5. The van der Waals surface area contributed by atoms with Crippen LogP contribution in [-0.2, 0) is 6.18 Å². The molecule has 0 atom stereocenters. The molecule has 2 rings (SSSR count). The molecule has 2 aromatic rings. The lowest BCUT2D eigenvalue weighted by molar-refractivity contribution is -0.136. The Hall–Kier alpha value is -1.78. The number of para-hydroxylation sites is 1. The van der Waals surface area contributed by atoms with E-state index in [-0.39, 0.29) is 16.7 Å². The fourth-order valence-electron chi connectivity index (χ4n) is 1.38. The minimum atomic E-state index is -4.43. The second-order valence-electron chi connectivity index (χ2n) is 3.07. The molecule has 1 aromatic heterocycles. The van der Waals surface area contributed by atoms with Gasteiger partial charge in [-0.15, -0.1) is 0 Å². The maximum absolute atomic E-state index is 12.5. The van der Waals surface area contributed by atoms with Gasteiger partial charge < -0.3 is 5.11 Å². The van der Waals surface area contributed by atoms with E-state index in [1.807, 2.05) is 0 Å². The third kappa shape index (κ3) is 1.72. The zero-order chi connectivity index (χ0) is 11.1. The van der Waals surface area contributed by atoms with E-state index in [0.29, 0.717) is 0 Å². The van der Waals surface area contributed by atoms with E-state index < -0.39 is 11.7 Å². The van der Waals surface area contributed by atoms with Crippen LogP contribution >= 0.6 is 0 Å². The van der Waals surface area contributed by atoms with Crippen molar-refractivity contribution in [1.29, 1.82) is 0 Å². The molecule has 2 nitrogen and oxygen atoms in total. The summed E-state index contributed by atoms with van der Waals surface area (Å²) in [5.74, 6) is -0.151. The number of hydrogen-bond acceptors (Lipinski definition) is 2. The summed E-state index contributed by atoms with van der Waals surface area (Å²) in [5, 5.41) is 9.35. The highest BCUT2D eigenvalue weighted by molar-refractivity contribution is 5.83. The summed E-state index contributed by atoms with van der Waals surface area (Å²) in [5.41, 5.74) is -0.942. The number of hydrogen-bond donors (Lipinski definition) is 1. The minimum Gasteiger partial charge on any atom is -0.506 e. The van der Waals surface area contributed by atoms with Crippen molar-refractivity contribution >= 4 is 10.9 Å². The maximum Gasteiger partial charge on any atom is 0.418 e. The number of halogens is 3. The molecule has 0 aliphatic carbocycles. The summed E-state index contributed by atoms with van der Waals surface area (Å²) in [6.45, 7) is 0. The fraction of sp³-hybridized carbons (Fsp3) is 0.100. The molecular formula is C10H6F3NO. The van der Waals surface area contributed by atoms with Crippen LogP contribution < -0.4 is 0 Å². The summed E-state index contributed by atoms with van der Waals surface area (Å²) in [7, 11) is 0. The Bertz CT molecular complexity index is 507. The first-order valence-corrected chi connectivity index (χ1v) is 4.13. The van der Waals surface area contributed by atoms with Gasteiger partial charge in [-0.25, -0.2) is 0 Å². The smallest absolute Gasteiger partial charge is 0.418 e. The summed E-state index contributed by atoms with van der Waals surface area (Å²) in [4.78, 5) is 3.58. The van der Waals surface area contributed by atoms with Crippen molar-refractivity contribution < 1.29 is 18.3 Å². The number of benzene rings is 1. The first-order valence-electron chi connectivity index (χ1n) is 4.13. The van der Waals surface area contributed by atoms with Crippen molar-refractivity contribution in [2.24, 2.45) is 0 Å². The Kier molecular flexibility index (Phi) is 2.03. The first-order chi connectivity index (χ1) is 6.98. The van der Waals surface area contributed by atoms with E-state index in [0.717, 1.165) is 12.3 Å². The average molecular weight is 213 g/mol. The van der Waals surface area contributed by atoms with Gasteiger partial charge in [0.15, 0.2) is 0 Å². The molecule has 0 radical (unpaired) electrons. The second kappa shape index (κ2) is 3.12. The van der Waals surface area contributed by atoms with Gasteiger partial charge in [0.05, 0.1) is 17.3 Å². The standard InChI is InChI=1S/C10H6F3NO/c11-10(12,13)8-3-1-2-6-4-7(15)5-14-9(6)8/h1-5,15H. The lowest BCUT2D eigenvalue weighted by atomic mass is 10.1. The Morgan fingerprint density at radius 3 is 2.60 bits per heavy atom. The SMILES string of the molecule is Oc1cnc2c(C(F)(F)F)cccc2c1. The van der Waals surface area contributed by atoms with Gasteiger partial charge in [0, 0.05) is 5.39 Å². The van der Waals surface area contributed by atoms with Crippen LogP contribution in [0.15, 0.2) is 30.5 Å². The number of nitrogens with zero attached hydrogens (tertiary/aromatic N) is 1. The van der Waals surface area contributed by atoms with Gasteiger partial charge >= 0.3 is 6.18 Å². The molecule has 0 fully saturated rings. The van der Waals surface area contributed by atoms with Crippen LogP contribution in [0.2, 0.25) is 0 Å². The Labute approximate surface area is 83.0 Å². The van der Waals surface area contributed by atoms with Gasteiger partial charge in [0.25, 0.3) is 0 Å². The largest absolute Gasteiger partial charge is 0.506 e. The van der Waals surface area contributed by atoms with Crippen molar-refractivity contribution in [3.05, 3.63) is 36.0 Å². The molecule has 78 valence electrons. The number of fused-ring (bicyclic) bond motifs is 1. The number of aromatic nitrogens is 1. The topological polar surface area (TPSA) is 33.1 Å². The van der Waals surface area contributed by atoms with E-state index >= 15 is 0 Å². The maximum atomic E-state index is 12.5. The molecule has 0 spiro atoms. The quantitative estimate of drug-likeness (QED) is 0.729. The Morgan fingerprint density at radius 1 is 1.20 bits per heavy atom. The predicted molar refractivity (Wildman–Crippen MR) is 48.4 cm³/mol. The lowest BCUT2D eigenvalue weighted by Crippen LogP contribution is -2.06. The molecule has 5 heteroatoms. The van der Waals surface area contributed by atoms with Crippen LogP contribution in [0.3, 0.4) is 0 Å². The second-order valence-corrected chi connectivity index (χ2v) is 3.07. The first kappa shape index (κ1) is 9.76. The van der Waals surface area contributed by atoms with Gasteiger partial charge in [0.1, 0.15) is 5.75 Å². The highest BCUT2D eigenvalue weighted by Gasteiger charge is 2.32.